The van der Waals surface area contributed by atoms with E-state index in [1.165, 1.54) is 0 Å². The standard InChI is InChI=1S/C7H11F3O/c1-4-3-5(2)11-6(4)7(8,9)10/h4-6H,3H2,1-2H3. The lowest BCUT2D eigenvalue weighted by Crippen LogP contribution is -2.32. The fraction of sp³-hybridized carbons (Fsp3) is 1.00. The van der Waals surface area contributed by atoms with Gasteiger partial charge >= 0.3 is 6.18 Å². The smallest absolute Gasteiger partial charge is 0.366 e. The van der Waals surface area contributed by atoms with Gasteiger partial charge in [-0.3, -0.25) is 0 Å². The molecule has 1 heterocycles. The van der Waals surface area contributed by atoms with E-state index >= 15 is 0 Å². The van der Waals surface area contributed by atoms with Gasteiger partial charge in [0, 0.05) is 0 Å². The van der Waals surface area contributed by atoms with Crippen molar-refractivity contribution < 1.29 is 17.9 Å². The van der Waals surface area contributed by atoms with Crippen molar-refractivity contribution in [3.05, 3.63) is 0 Å². The quantitative estimate of drug-likeness (QED) is 0.539. The Bertz CT molecular complexity index is 143. The monoisotopic (exact) mass is 168 g/mol. The third-order valence-corrected chi connectivity index (χ3v) is 1.92. The Labute approximate surface area is 63.5 Å². The summed E-state index contributed by atoms with van der Waals surface area (Å²) in [5.41, 5.74) is 0. The molecule has 0 spiro atoms. The van der Waals surface area contributed by atoms with Gasteiger partial charge in [0.15, 0.2) is 6.10 Å². The first-order valence-corrected chi connectivity index (χ1v) is 3.63. The van der Waals surface area contributed by atoms with Gasteiger partial charge in [-0.25, -0.2) is 0 Å². The highest BCUT2D eigenvalue weighted by molar-refractivity contribution is 4.82. The maximum Gasteiger partial charge on any atom is 0.414 e. The molecule has 1 saturated heterocycles. The number of ether oxygens (including phenoxy) is 1. The van der Waals surface area contributed by atoms with E-state index in [4.69, 9.17) is 4.74 Å². The second-order valence-corrected chi connectivity index (χ2v) is 3.12. The minimum Gasteiger partial charge on any atom is -0.366 e. The summed E-state index contributed by atoms with van der Waals surface area (Å²) in [4.78, 5) is 0. The van der Waals surface area contributed by atoms with Gasteiger partial charge in [-0.15, -0.1) is 0 Å². The largest absolute Gasteiger partial charge is 0.414 e. The summed E-state index contributed by atoms with van der Waals surface area (Å²) in [6, 6.07) is 0. The number of halogens is 3. The Balaban J connectivity index is 2.60. The van der Waals surface area contributed by atoms with Gasteiger partial charge in [0.1, 0.15) is 0 Å². The summed E-state index contributed by atoms with van der Waals surface area (Å²) >= 11 is 0. The summed E-state index contributed by atoms with van der Waals surface area (Å²) in [6.45, 7) is 3.24. The zero-order valence-electron chi connectivity index (χ0n) is 6.48. The molecule has 0 N–H and O–H groups in total. The number of hydrogen-bond acceptors (Lipinski definition) is 1. The highest BCUT2D eigenvalue weighted by atomic mass is 19.4. The van der Waals surface area contributed by atoms with Crippen molar-refractivity contribution in [1.82, 2.24) is 0 Å². The lowest BCUT2D eigenvalue weighted by Gasteiger charge is -2.17. The van der Waals surface area contributed by atoms with Gasteiger partial charge < -0.3 is 4.74 Å². The molecule has 0 saturated carbocycles. The van der Waals surface area contributed by atoms with Crippen LogP contribution in [0.1, 0.15) is 20.3 Å². The fourth-order valence-corrected chi connectivity index (χ4v) is 1.49. The van der Waals surface area contributed by atoms with Crippen molar-refractivity contribution in [1.29, 1.82) is 0 Å². The molecule has 0 amide bonds. The van der Waals surface area contributed by atoms with Crippen LogP contribution in [0.15, 0.2) is 0 Å². The van der Waals surface area contributed by atoms with E-state index in [-0.39, 0.29) is 6.10 Å². The highest BCUT2D eigenvalue weighted by Crippen LogP contribution is 2.36. The molecule has 0 aromatic heterocycles. The van der Waals surface area contributed by atoms with Crippen LogP contribution in [0, 0.1) is 5.92 Å². The van der Waals surface area contributed by atoms with Crippen LogP contribution in [-0.4, -0.2) is 18.4 Å². The molecule has 1 fully saturated rings. The van der Waals surface area contributed by atoms with Crippen LogP contribution in [0.2, 0.25) is 0 Å². The topological polar surface area (TPSA) is 9.23 Å². The molecule has 66 valence electrons. The fourth-order valence-electron chi connectivity index (χ4n) is 1.49. The van der Waals surface area contributed by atoms with Crippen molar-refractivity contribution in [2.75, 3.05) is 0 Å². The first-order valence-electron chi connectivity index (χ1n) is 3.63. The zero-order valence-corrected chi connectivity index (χ0v) is 6.48. The second kappa shape index (κ2) is 2.66. The van der Waals surface area contributed by atoms with E-state index in [1.54, 1.807) is 13.8 Å². The van der Waals surface area contributed by atoms with Crippen molar-refractivity contribution in [2.24, 2.45) is 5.92 Å². The molecule has 11 heavy (non-hydrogen) atoms. The summed E-state index contributed by atoms with van der Waals surface area (Å²) < 4.78 is 40.9. The van der Waals surface area contributed by atoms with Crippen LogP contribution < -0.4 is 0 Å². The Morgan fingerprint density at radius 2 is 1.82 bits per heavy atom. The molecule has 1 aliphatic rings. The van der Waals surface area contributed by atoms with E-state index in [1.807, 2.05) is 0 Å². The lowest BCUT2D eigenvalue weighted by molar-refractivity contribution is -0.221. The van der Waals surface area contributed by atoms with Crippen LogP contribution >= 0.6 is 0 Å². The maximum absolute atomic E-state index is 12.1. The lowest BCUT2D eigenvalue weighted by atomic mass is 10.0. The molecule has 1 nitrogen and oxygen atoms in total. The van der Waals surface area contributed by atoms with E-state index in [0.29, 0.717) is 6.42 Å². The Hall–Kier alpha value is -0.250. The molecule has 0 radical (unpaired) electrons. The van der Waals surface area contributed by atoms with Crippen LogP contribution in [0.4, 0.5) is 13.2 Å². The first kappa shape index (κ1) is 8.84. The molecular formula is C7H11F3O. The molecule has 1 aliphatic heterocycles. The van der Waals surface area contributed by atoms with Gasteiger partial charge in [-0.1, -0.05) is 6.92 Å². The molecule has 0 aromatic rings. The molecule has 0 bridgehead atoms. The van der Waals surface area contributed by atoms with E-state index in [2.05, 4.69) is 0 Å². The van der Waals surface area contributed by atoms with Crippen LogP contribution in [0.25, 0.3) is 0 Å². The van der Waals surface area contributed by atoms with E-state index in [0.717, 1.165) is 0 Å². The predicted molar refractivity (Wildman–Crippen MR) is 34.2 cm³/mol. The van der Waals surface area contributed by atoms with Gasteiger partial charge in [0.2, 0.25) is 0 Å². The first-order chi connectivity index (χ1) is 4.91. The van der Waals surface area contributed by atoms with Crippen LogP contribution in [0.5, 0.6) is 0 Å². The number of rotatable bonds is 0. The Morgan fingerprint density at radius 3 is 2.00 bits per heavy atom. The SMILES string of the molecule is CC1CC(C)C(C(F)(F)F)O1. The normalized spacial score (nSPS) is 39.5. The zero-order chi connectivity index (χ0) is 8.65. The molecule has 0 aliphatic carbocycles. The Morgan fingerprint density at radius 1 is 1.27 bits per heavy atom. The molecule has 3 unspecified atom stereocenters. The molecule has 1 rings (SSSR count). The minimum atomic E-state index is -4.19. The summed E-state index contributed by atoms with van der Waals surface area (Å²) in [7, 11) is 0. The molecule has 4 heteroatoms. The van der Waals surface area contributed by atoms with Crippen molar-refractivity contribution in [3.8, 4) is 0 Å². The predicted octanol–water partition coefficient (Wildman–Crippen LogP) is 2.36. The average molecular weight is 168 g/mol. The molecule has 0 aromatic carbocycles. The van der Waals surface area contributed by atoms with E-state index < -0.39 is 18.2 Å². The van der Waals surface area contributed by atoms with E-state index in [9.17, 15) is 13.2 Å². The Kier molecular flexibility index (Phi) is 2.14. The van der Waals surface area contributed by atoms with Crippen molar-refractivity contribution in [3.63, 3.8) is 0 Å². The second-order valence-electron chi connectivity index (χ2n) is 3.12. The molecular weight excluding hydrogens is 157 g/mol. The summed E-state index contributed by atoms with van der Waals surface area (Å²) in [5.74, 6) is -0.398. The molecule has 3 atom stereocenters. The van der Waals surface area contributed by atoms with Gasteiger partial charge in [0.05, 0.1) is 6.10 Å². The van der Waals surface area contributed by atoms with Gasteiger partial charge in [-0.05, 0) is 19.3 Å². The van der Waals surface area contributed by atoms with Gasteiger partial charge in [-0.2, -0.15) is 13.2 Å². The van der Waals surface area contributed by atoms with Crippen LogP contribution in [0.3, 0.4) is 0 Å². The summed E-state index contributed by atoms with van der Waals surface area (Å²) in [6.07, 6.45) is -5.48. The number of alkyl halides is 3. The van der Waals surface area contributed by atoms with Gasteiger partial charge in [0.25, 0.3) is 0 Å². The number of hydrogen-bond donors (Lipinski definition) is 0. The third kappa shape index (κ3) is 1.86. The van der Waals surface area contributed by atoms with Crippen LogP contribution in [-0.2, 0) is 4.74 Å². The van der Waals surface area contributed by atoms with Crippen molar-refractivity contribution >= 4 is 0 Å². The third-order valence-electron chi connectivity index (χ3n) is 1.92. The summed E-state index contributed by atoms with van der Waals surface area (Å²) in [5, 5.41) is 0. The van der Waals surface area contributed by atoms with Crippen molar-refractivity contribution in [2.45, 2.75) is 38.7 Å². The maximum atomic E-state index is 12.1. The average Bonchev–Trinajstić information content (AvgIpc) is 2.08. The minimum absolute atomic E-state index is 0.253. The highest BCUT2D eigenvalue weighted by Gasteiger charge is 2.48.